The van der Waals surface area contributed by atoms with Gasteiger partial charge in [0.15, 0.2) is 0 Å². The van der Waals surface area contributed by atoms with Crippen molar-refractivity contribution < 1.29 is 5.11 Å². The van der Waals surface area contributed by atoms with E-state index >= 15 is 0 Å². The van der Waals surface area contributed by atoms with E-state index in [-0.39, 0.29) is 0 Å². The maximum Gasteiger partial charge on any atom is 0.134 e. The molecule has 4 rings (SSSR count). The van der Waals surface area contributed by atoms with E-state index in [1.807, 2.05) is 19.3 Å². The monoisotopic (exact) mass is 439 g/mol. The molecule has 32 heavy (non-hydrogen) atoms. The third-order valence-electron chi connectivity index (χ3n) is 6.97. The van der Waals surface area contributed by atoms with Crippen LogP contribution in [0.4, 0.5) is 17.3 Å². The Balaban J connectivity index is 1.24. The molecule has 0 aliphatic carbocycles. The maximum absolute atomic E-state index is 11.0. The van der Waals surface area contributed by atoms with Crippen LogP contribution in [0, 0.1) is 5.41 Å². The number of likely N-dealkylation sites (tertiary alicyclic amines) is 1. The number of aromatic nitrogens is 3. The first-order chi connectivity index (χ1) is 15.3. The summed E-state index contributed by atoms with van der Waals surface area (Å²) in [5.41, 5.74) is 1.81. The lowest BCUT2D eigenvalue weighted by atomic mass is 9.83. The van der Waals surface area contributed by atoms with Gasteiger partial charge in [-0.3, -0.25) is 9.88 Å². The first-order valence-corrected chi connectivity index (χ1v) is 11.7. The summed E-state index contributed by atoms with van der Waals surface area (Å²) in [4.78, 5) is 17.9. The fraction of sp³-hybridized carbons (Fsp3) is 0.625. The van der Waals surface area contributed by atoms with Gasteiger partial charge in [-0.2, -0.15) is 0 Å². The van der Waals surface area contributed by atoms with Crippen LogP contribution in [-0.4, -0.2) is 70.3 Å². The number of hydrogen-bond donors (Lipinski definition) is 3. The second-order valence-corrected chi connectivity index (χ2v) is 10.1. The molecule has 2 aliphatic rings. The summed E-state index contributed by atoms with van der Waals surface area (Å²) in [6, 6.07) is 6.12. The third kappa shape index (κ3) is 5.86. The van der Waals surface area contributed by atoms with Crippen LogP contribution in [0.2, 0.25) is 0 Å². The van der Waals surface area contributed by atoms with Crippen molar-refractivity contribution in [2.75, 3.05) is 55.3 Å². The molecule has 4 heterocycles. The topological polar surface area (TPSA) is 89.4 Å². The number of nitrogens with one attached hydrogen (secondary N) is 2. The highest BCUT2D eigenvalue weighted by Gasteiger charge is 2.32. The maximum atomic E-state index is 11.0. The molecule has 174 valence electrons. The Hall–Kier alpha value is -2.45. The Labute approximate surface area is 191 Å². The lowest BCUT2D eigenvalue weighted by Crippen LogP contribution is -2.48. The molecule has 0 atom stereocenters. The summed E-state index contributed by atoms with van der Waals surface area (Å²) in [7, 11) is 1.85. The van der Waals surface area contributed by atoms with E-state index in [1.54, 1.807) is 6.33 Å². The third-order valence-corrected chi connectivity index (χ3v) is 6.97. The zero-order valence-corrected chi connectivity index (χ0v) is 19.6. The Morgan fingerprint density at radius 3 is 2.41 bits per heavy atom. The summed E-state index contributed by atoms with van der Waals surface area (Å²) in [5.74, 6) is 1.70. The first kappa shape index (κ1) is 22.7. The fourth-order valence-electron chi connectivity index (χ4n) is 4.42. The van der Waals surface area contributed by atoms with Crippen molar-refractivity contribution in [3.8, 4) is 0 Å². The van der Waals surface area contributed by atoms with Gasteiger partial charge in [-0.05, 0) is 56.3 Å². The molecular formula is C24H37N7O. The number of hydrogen-bond acceptors (Lipinski definition) is 8. The predicted molar refractivity (Wildman–Crippen MR) is 129 cm³/mol. The molecular weight excluding hydrogens is 402 g/mol. The largest absolute Gasteiger partial charge is 0.388 e. The van der Waals surface area contributed by atoms with Crippen LogP contribution < -0.4 is 15.5 Å². The van der Waals surface area contributed by atoms with E-state index in [9.17, 15) is 5.11 Å². The molecule has 8 nitrogen and oxygen atoms in total. The van der Waals surface area contributed by atoms with Gasteiger partial charge < -0.3 is 20.6 Å². The van der Waals surface area contributed by atoms with Crippen LogP contribution in [0.25, 0.3) is 0 Å². The number of rotatable bonds is 7. The highest BCUT2D eigenvalue weighted by Crippen LogP contribution is 2.30. The van der Waals surface area contributed by atoms with Crippen molar-refractivity contribution in [2.24, 2.45) is 5.41 Å². The molecule has 2 fully saturated rings. The van der Waals surface area contributed by atoms with Crippen molar-refractivity contribution in [1.82, 2.24) is 19.9 Å². The predicted octanol–water partition coefficient (Wildman–Crippen LogP) is 2.98. The number of aliphatic hydroxyl groups is 1. The second kappa shape index (κ2) is 9.58. The molecule has 0 radical (unpaired) electrons. The van der Waals surface area contributed by atoms with E-state index in [1.165, 1.54) is 12.8 Å². The summed E-state index contributed by atoms with van der Waals surface area (Å²) >= 11 is 0. The Morgan fingerprint density at radius 2 is 1.75 bits per heavy atom. The van der Waals surface area contributed by atoms with Crippen molar-refractivity contribution in [1.29, 1.82) is 0 Å². The molecule has 2 aromatic rings. The smallest absolute Gasteiger partial charge is 0.134 e. The molecule has 0 amide bonds. The Kier molecular flexibility index (Phi) is 6.81. The molecule has 2 saturated heterocycles. The summed E-state index contributed by atoms with van der Waals surface area (Å²) in [6.45, 7) is 9.97. The van der Waals surface area contributed by atoms with Crippen molar-refractivity contribution in [3.63, 3.8) is 0 Å². The molecule has 2 aliphatic heterocycles. The minimum Gasteiger partial charge on any atom is -0.388 e. The minimum absolute atomic E-state index is 0.471. The van der Waals surface area contributed by atoms with Gasteiger partial charge in [-0.25, -0.2) is 9.97 Å². The molecule has 3 N–H and O–H groups in total. The standard InChI is InChI=1S/C24H37N7O/c1-23(2)6-10-30(11-7-23)16-20-5-4-19(15-26-20)27-17-24(32)8-12-31(13-9-24)22-14-21(25-3)28-18-29-22/h4-5,14-15,18,27,32H,6-13,16-17H2,1-3H3,(H,25,28,29). The van der Waals surface area contributed by atoms with Crippen LogP contribution in [0.5, 0.6) is 0 Å². The number of anilines is 3. The van der Waals surface area contributed by atoms with Crippen molar-refractivity contribution in [2.45, 2.75) is 51.7 Å². The normalized spacial score (nSPS) is 20.7. The second-order valence-electron chi connectivity index (χ2n) is 10.1. The molecule has 0 aromatic carbocycles. The quantitative estimate of drug-likeness (QED) is 0.607. The van der Waals surface area contributed by atoms with Crippen LogP contribution >= 0.6 is 0 Å². The van der Waals surface area contributed by atoms with Gasteiger partial charge in [0.1, 0.15) is 18.0 Å². The number of piperidine rings is 2. The average molecular weight is 440 g/mol. The number of nitrogens with zero attached hydrogens (tertiary/aromatic N) is 5. The zero-order chi connectivity index (χ0) is 22.6. The lowest BCUT2D eigenvalue weighted by Gasteiger charge is -2.39. The van der Waals surface area contributed by atoms with E-state index < -0.39 is 5.60 Å². The Morgan fingerprint density at radius 1 is 1.00 bits per heavy atom. The van der Waals surface area contributed by atoms with Gasteiger partial charge in [-0.15, -0.1) is 0 Å². The molecule has 8 heteroatoms. The first-order valence-electron chi connectivity index (χ1n) is 11.7. The van der Waals surface area contributed by atoms with Crippen LogP contribution in [0.3, 0.4) is 0 Å². The molecule has 0 unspecified atom stereocenters. The highest BCUT2D eigenvalue weighted by molar-refractivity contribution is 5.48. The number of pyridine rings is 1. The fourth-order valence-corrected chi connectivity index (χ4v) is 4.42. The molecule has 0 spiro atoms. The van der Waals surface area contributed by atoms with E-state index in [4.69, 9.17) is 0 Å². The zero-order valence-electron chi connectivity index (χ0n) is 19.6. The van der Waals surface area contributed by atoms with Gasteiger partial charge in [0, 0.05) is 39.3 Å². The highest BCUT2D eigenvalue weighted by atomic mass is 16.3. The van der Waals surface area contributed by atoms with Crippen LogP contribution in [0.15, 0.2) is 30.7 Å². The van der Waals surface area contributed by atoms with Gasteiger partial charge in [0.05, 0.1) is 23.2 Å². The van der Waals surface area contributed by atoms with Crippen LogP contribution in [-0.2, 0) is 6.54 Å². The van der Waals surface area contributed by atoms with E-state index in [2.05, 4.69) is 61.4 Å². The van der Waals surface area contributed by atoms with Crippen molar-refractivity contribution >= 4 is 17.3 Å². The summed E-state index contributed by atoms with van der Waals surface area (Å²) in [6.07, 6.45) is 7.34. The Bertz CT molecular complexity index is 868. The van der Waals surface area contributed by atoms with Crippen molar-refractivity contribution in [3.05, 3.63) is 36.4 Å². The minimum atomic E-state index is -0.728. The summed E-state index contributed by atoms with van der Waals surface area (Å²) in [5, 5.41) is 17.5. The summed E-state index contributed by atoms with van der Waals surface area (Å²) < 4.78 is 0. The van der Waals surface area contributed by atoms with Crippen LogP contribution in [0.1, 0.15) is 45.2 Å². The van der Waals surface area contributed by atoms with E-state index in [0.717, 1.165) is 55.7 Å². The SMILES string of the molecule is CNc1cc(N2CCC(O)(CNc3ccc(CN4CCC(C)(C)CC4)nc3)CC2)ncn1. The van der Waals surface area contributed by atoms with E-state index in [0.29, 0.717) is 24.8 Å². The molecule has 0 bridgehead atoms. The average Bonchev–Trinajstić information content (AvgIpc) is 2.81. The van der Waals surface area contributed by atoms with Gasteiger partial charge in [0.2, 0.25) is 0 Å². The molecule has 0 saturated carbocycles. The van der Waals surface area contributed by atoms with Gasteiger partial charge >= 0.3 is 0 Å². The lowest BCUT2D eigenvalue weighted by molar-refractivity contribution is 0.0289. The molecule has 2 aromatic heterocycles. The van der Waals surface area contributed by atoms with Gasteiger partial charge in [0.25, 0.3) is 0 Å². The van der Waals surface area contributed by atoms with Gasteiger partial charge in [-0.1, -0.05) is 13.8 Å².